The molecule has 5 heteroatoms. The number of benzene rings is 1. The van der Waals surface area contributed by atoms with E-state index in [2.05, 4.69) is 64.2 Å². The lowest BCUT2D eigenvalue weighted by molar-refractivity contribution is 0.110. The highest BCUT2D eigenvalue weighted by Crippen LogP contribution is 2.07. The normalized spacial score (nSPS) is 17.9. The van der Waals surface area contributed by atoms with Crippen LogP contribution in [0.25, 0.3) is 0 Å². The molecule has 0 bridgehead atoms. The van der Waals surface area contributed by atoms with Gasteiger partial charge < -0.3 is 15.3 Å². The van der Waals surface area contributed by atoms with Crippen molar-refractivity contribution in [2.75, 3.05) is 65.4 Å². The van der Waals surface area contributed by atoms with Crippen molar-refractivity contribution in [2.24, 2.45) is 0 Å². The summed E-state index contributed by atoms with van der Waals surface area (Å²) in [5.74, 6) is 0. The van der Waals surface area contributed by atoms with Crippen molar-refractivity contribution in [1.29, 1.82) is 0 Å². The van der Waals surface area contributed by atoms with E-state index in [1.165, 1.54) is 5.56 Å². The highest BCUT2D eigenvalue weighted by atomic mass is 16.3. The van der Waals surface area contributed by atoms with Gasteiger partial charge in [0.2, 0.25) is 0 Å². The predicted octanol–water partition coefficient (Wildman–Crippen LogP) is 1.10. The van der Waals surface area contributed by atoms with Gasteiger partial charge in [-0.1, -0.05) is 44.2 Å². The van der Waals surface area contributed by atoms with Gasteiger partial charge in [0.25, 0.3) is 0 Å². The van der Waals surface area contributed by atoms with Gasteiger partial charge in [-0.2, -0.15) is 0 Å². The van der Waals surface area contributed by atoms with Crippen LogP contribution in [0, 0.1) is 0 Å². The van der Waals surface area contributed by atoms with E-state index >= 15 is 0 Å². The van der Waals surface area contributed by atoms with Gasteiger partial charge in [-0.15, -0.1) is 0 Å². The Morgan fingerprint density at radius 1 is 1.04 bits per heavy atom. The lowest BCUT2D eigenvalue weighted by Gasteiger charge is -2.34. The van der Waals surface area contributed by atoms with Crippen LogP contribution in [-0.4, -0.2) is 91.4 Å². The molecule has 1 fully saturated rings. The summed E-state index contributed by atoms with van der Waals surface area (Å²) >= 11 is 0. The van der Waals surface area contributed by atoms with Crippen LogP contribution < -0.4 is 5.32 Å². The van der Waals surface area contributed by atoms with E-state index in [0.29, 0.717) is 6.54 Å². The Hall–Kier alpha value is -0.980. The van der Waals surface area contributed by atoms with Crippen molar-refractivity contribution in [3.05, 3.63) is 35.9 Å². The van der Waals surface area contributed by atoms with E-state index in [4.69, 9.17) is 0 Å². The topological polar surface area (TPSA) is 42.0 Å². The fraction of sp³-hybridized carbons (Fsp3) is 0.700. The first-order valence-corrected chi connectivity index (χ1v) is 9.81. The third-order valence-electron chi connectivity index (χ3n) is 5.06. The maximum absolute atomic E-state index is 10.1. The molecule has 0 saturated carbocycles. The lowest BCUT2D eigenvalue weighted by Crippen LogP contribution is -2.48. The molecular formula is C20H36N4O. The molecular weight excluding hydrogens is 312 g/mol. The fourth-order valence-electron chi connectivity index (χ4n) is 3.36. The number of rotatable bonds is 11. The Kier molecular flexibility index (Phi) is 9.43. The molecule has 0 aromatic heterocycles. The predicted molar refractivity (Wildman–Crippen MR) is 105 cm³/mol. The number of hydrogen-bond donors (Lipinski definition) is 2. The molecule has 142 valence electrons. The molecule has 1 atom stereocenters. The SMILES string of the molecule is CCN(CC)C[C@H](O)CNCCN1CCN(Cc2ccccc2)CC1. The van der Waals surface area contributed by atoms with Crippen LogP contribution in [-0.2, 0) is 6.54 Å². The molecule has 1 aromatic carbocycles. The Morgan fingerprint density at radius 2 is 1.68 bits per heavy atom. The number of nitrogens with one attached hydrogen (secondary N) is 1. The number of likely N-dealkylation sites (N-methyl/N-ethyl adjacent to an activating group) is 1. The molecule has 1 saturated heterocycles. The molecule has 5 nitrogen and oxygen atoms in total. The number of aliphatic hydroxyl groups excluding tert-OH is 1. The van der Waals surface area contributed by atoms with Crippen LogP contribution in [0.3, 0.4) is 0 Å². The van der Waals surface area contributed by atoms with Crippen molar-refractivity contribution in [3.63, 3.8) is 0 Å². The van der Waals surface area contributed by atoms with Gasteiger partial charge in [0.05, 0.1) is 6.10 Å². The van der Waals surface area contributed by atoms with Gasteiger partial charge in [0, 0.05) is 58.9 Å². The molecule has 0 amide bonds. The van der Waals surface area contributed by atoms with Gasteiger partial charge in [0.1, 0.15) is 0 Å². The lowest BCUT2D eigenvalue weighted by atomic mass is 10.2. The van der Waals surface area contributed by atoms with Gasteiger partial charge >= 0.3 is 0 Å². The summed E-state index contributed by atoms with van der Waals surface area (Å²) in [5, 5.41) is 13.5. The Bertz CT molecular complexity index is 444. The number of hydrogen-bond acceptors (Lipinski definition) is 5. The van der Waals surface area contributed by atoms with Crippen LogP contribution in [0.1, 0.15) is 19.4 Å². The van der Waals surface area contributed by atoms with Crippen LogP contribution in [0.2, 0.25) is 0 Å². The maximum atomic E-state index is 10.1. The Labute approximate surface area is 153 Å². The molecule has 0 aliphatic carbocycles. The second kappa shape index (κ2) is 11.6. The Balaban J connectivity index is 1.53. The van der Waals surface area contributed by atoms with Crippen LogP contribution in [0.4, 0.5) is 0 Å². The molecule has 0 unspecified atom stereocenters. The smallest absolute Gasteiger partial charge is 0.0791 e. The molecule has 25 heavy (non-hydrogen) atoms. The van der Waals surface area contributed by atoms with Gasteiger partial charge in [-0.25, -0.2) is 0 Å². The second-order valence-electron chi connectivity index (χ2n) is 6.95. The standard InChI is InChI=1S/C20H36N4O/c1-3-22(4-2)18-20(25)16-21-10-11-23-12-14-24(15-13-23)17-19-8-6-5-7-9-19/h5-9,20-21,25H,3-4,10-18H2,1-2H3/t20-/m1/s1. The third kappa shape index (κ3) is 7.84. The highest BCUT2D eigenvalue weighted by Gasteiger charge is 2.16. The van der Waals surface area contributed by atoms with Gasteiger partial charge in [-0.3, -0.25) is 9.80 Å². The van der Waals surface area contributed by atoms with E-state index in [1.54, 1.807) is 0 Å². The minimum Gasteiger partial charge on any atom is -0.390 e. The molecule has 2 rings (SSSR count). The monoisotopic (exact) mass is 348 g/mol. The molecule has 2 N–H and O–H groups in total. The first-order chi connectivity index (χ1) is 12.2. The molecule has 0 radical (unpaired) electrons. The Morgan fingerprint density at radius 3 is 2.32 bits per heavy atom. The zero-order valence-corrected chi connectivity index (χ0v) is 16.0. The highest BCUT2D eigenvalue weighted by molar-refractivity contribution is 5.14. The minimum atomic E-state index is -0.275. The summed E-state index contributed by atoms with van der Waals surface area (Å²) in [6, 6.07) is 10.7. The fourth-order valence-corrected chi connectivity index (χ4v) is 3.36. The molecule has 1 heterocycles. The minimum absolute atomic E-state index is 0.275. The first-order valence-electron chi connectivity index (χ1n) is 9.81. The van der Waals surface area contributed by atoms with E-state index in [0.717, 1.165) is 65.4 Å². The van der Waals surface area contributed by atoms with E-state index in [9.17, 15) is 5.11 Å². The van der Waals surface area contributed by atoms with Crippen LogP contribution >= 0.6 is 0 Å². The first kappa shape index (κ1) is 20.3. The quantitative estimate of drug-likeness (QED) is 0.586. The number of aliphatic hydroxyl groups is 1. The second-order valence-corrected chi connectivity index (χ2v) is 6.95. The summed E-state index contributed by atoms with van der Waals surface area (Å²) in [5.41, 5.74) is 1.40. The van der Waals surface area contributed by atoms with E-state index in [1.807, 2.05) is 0 Å². The third-order valence-corrected chi connectivity index (χ3v) is 5.06. The largest absolute Gasteiger partial charge is 0.390 e. The van der Waals surface area contributed by atoms with Crippen molar-refractivity contribution in [2.45, 2.75) is 26.5 Å². The van der Waals surface area contributed by atoms with Crippen molar-refractivity contribution in [1.82, 2.24) is 20.0 Å². The van der Waals surface area contributed by atoms with Crippen molar-refractivity contribution >= 4 is 0 Å². The maximum Gasteiger partial charge on any atom is 0.0791 e. The van der Waals surface area contributed by atoms with E-state index in [-0.39, 0.29) is 6.10 Å². The molecule has 1 aliphatic rings. The summed E-state index contributed by atoms with van der Waals surface area (Å²) < 4.78 is 0. The van der Waals surface area contributed by atoms with Gasteiger partial charge in [-0.05, 0) is 18.7 Å². The molecule has 1 aromatic rings. The summed E-state index contributed by atoms with van der Waals surface area (Å²) in [7, 11) is 0. The van der Waals surface area contributed by atoms with Gasteiger partial charge in [0.15, 0.2) is 0 Å². The van der Waals surface area contributed by atoms with Crippen molar-refractivity contribution in [3.8, 4) is 0 Å². The zero-order chi connectivity index (χ0) is 17.9. The number of nitrogens with zero attached hydrogens (tertiary/aromatic N) is 3. The van der Waals surface area contributed by atoms with E-state index < -0.39 is 0 Å². The average molecular weight is 349 g/mol. The summed E-state index contributed by atoms with van der Waals surface area (Å²) in [4.78, 5) is 7.32. The number of piperazine rings is 1. The zero-order valence-electron chi connectivity index (χ0n) is 16.0. The van der Waals surface area contributed by atoms with Crippen LogP contribution in [0.15, 0.2) is 30.3 Å². The molecule has 1 aliphatic heterocycles. The summed E-state index contributed by atoms with van der Waals surface area (Å²) in [6.45, 7) is 15.4. The van der Waals surface area contributed by atoms with Crippen LogP contribution in [0.5, 0.6) is 0 Å². The van der Waals surface area contributed by atoms with Crippen molar-refractivity contribution < 1.29 is 5.11 Å². The molecule has 0 spiro atoms. The average Bonchev–Trinajstić information content (AvgIpc) is 2.65. The summed E-state index contributed by atoms with van der Waals surface area (Å²) in [6.07, 6.45) is -0.275.